The van der Waals surface area contributed by atoms with Crippen LogP contribution in [-0.4, -0.2) is 53.4 Å². The van der Waals surface area contributed by atoms with Gasteiger partial charge in [0.2, 0.25) is 5.76 Å². The van der Waals surface area contributed by atoms with Crippen LogP contribution >= 0.6 is 0 Å². The van der Waals surface area contributed by atoms with E-state index >= 15 is 0 Å². The molecular formula is C18H21N3O4. The summed E-state index contributed by atoms with van der Waals surface area (Å²) in [5.41, 5.74) is 0.712. The molecular weight excluding hydrogens is 322 g/mol. The van der Waals surface area contributed by atoms with Crippen molar-refractivity contribution in [2.24, 2.45) is 11.8 Å². The molecule has 0 spiro atoms. The summed E-state index contributed by atoms with van der Waals surface area (Å²) in [5.74, 6) is 1.72. The van der Waals surface area contributed by atoms with Gasteiger partial charge < -0.3 is 18.9 Å². The summed E-state index contributed by atoms with van der Waals surface area (Å²) in [6, 6.07) is 5.43. The van der Waals surface area contributed by atoms with Crippen LogP contribution in [0.15, 0.2) is 35.1 Å². The lowest BCUT2D eigenvalue weighted by Crippen LogP contribution is -2.31. The number of fused-ring (bicyclic) bond motifs is 1. The summed E-state index contributed by atoms with van der Waals surface area (Å²) in [4.78, 5) is 18.4. The highest BCUT2D eigenvalue weighted by Crippen LogP contribution is 2.36. The van der Waals surface area contributed by atoms with E-state index in [1.165, 1.54) is 0 Å². The number of likely N-dealkylation sites (tertiary alicyclic amines) is 1. The van der Waals surface area contributed by atoms with Gasteiger partial charge in [-0.2, -0.15) is 0 Å². The molecule has 2 aliphatic heterocycles. The molecule has 2 fully saturated rings. The lowest BCUT2D eigenvalue weighted by atomic mass is 9.91. The molecule has 4 heterocycles. The molecule has 132 valence electrons. The van der Waals surface area contributed by atoms with E-state index in [-0.39, 0.29) is 12.0 Å². The van der Waals surface area contributed by atoms with Gasteiger partial charge in [0.15, 0.2) is 0 Å². The Labute approximate surface area is 145 Å². The second-order valence-electron chi connectivity index (χ2n) is 6.66. The zero-order valence-corrected chi connectivity index (χ0v) is 14.1. The average Bonchev–Trinajstić information content (AvgIpc) is 3.32. The molecule has 2 aromatic heterocycles. The van der Waals surface area contributed by atoms with E-state index in [4.69, 9.17) is 14.0 Å². The predicted octanol–water partition coefficient (Wildman–Crippen LogP) is 1.93. The summed E-state index contributed by atoms with van der Waals surface area (Å²) in [6.45, 7) is 4.47. The molecule has 0 saturated carbocycles. The molecule has 0 aromatic carbocycles. The number of nitrogens with zero attached hydrogens (tertiary/aromatic N) is 3. The van der Waals surface area contributed by atoms with E-state index in [2.05, 4.69) is 10.1 Å². The quantitative estimate of drug-likeness (QED) is 0.825. The first-order chi connectivity index (χ1) is 12.2. The van der Waals surface area contributed by atoms with E-state index in [0.717, 1.165) is 18.8 Å². The molecule has 25 heavy (non-hydrogen) atoms. The number of hydrogen-bond donors (Lipinski definition) is 0. The van der Waals surface area contributed by atoms with Crippen molar-refractivity contribution in [2.45, 2.75) is 19.4 Å². The molecule has 2 aromatic rings. The Morgan fingerprint density at radius 1 is 1.44 bits per heavy atom. The van der Waals surface area contributed by atoms with Crippen LogP contribution in [0.25, 0.3) is 0 Å². The van der Waals surface area contributed by atoms with Crippen LogP contribution in [0.1, 0.15) is 22.7 Å². The number of rotatable bonds is 5. The minimum atomic E-state index is -0.107. The lowest BCUT2D eigenvalue weighted by molar-refractivity contribution is 0.0638. The monoisotopic (exact) mass is 343 g/mol. The van der Waals surface area contributed by atoms with E-state index in [0.29, 0.717) is 43.0 Å². The van der Waals surface area contributed by atoms with Crippen molar-refractivity contribution in [2.75, 3.05) is 26.3 Å². The van der Waals surface area contributed by atoms with Crippen molar-refractivity contribution in [1.29, 1.82) is 0 Å². The van der Waals surface area contributed by atoms with Gasteiger partial charge in [-0.15, -0.1) is 0 Å². The van der Waals surface area contributed by atoms with Crippen LogP contribution in [0.4, 0.5) is 0 Å². The molecule has 0 aliphatic carbocycles. The number of aromatic nitrogens is 2. The third-order valence-corrected chi connectivity index (χ3v) is 4.96. The van der Waals surface area contributed by atoms with Gasteiger partial charge in [0.05, 0.1) is 31.2 Å². The molecule has 4 rings (SSSR count). The Morgan fingerprint density at radius 2 is 2.36 bits per heavy atom. The zero-order valence-electron chi connectivity index (χ0n) is 14.1. The molecule has 0 N–H and O–H groups in total. The topological polar surface area (TPSA) is 77.7 Å². The van der Waals surface area contributed by atoms with E-state index in [1.807, 2.05) is 17.0 Å². The fourth-order valence-corrected chi connectivity index (χ4v) is 3.64. The van der Waals surface area contributed by atoms with Gasteiger partial charge >= 0.3 is 0 Å². The standard InChI is InChI=1S/C18H21N3O4/c1-12-7-16(25-20-12)18(22)21-9-15-13(11-24-17(15)10-21)4-6-23-14-3-2-5-19-8-14/h2-3,5,7-8,13,15,17H,4,6,9-11H2,1H3/t13-,15-,17-/m0/s1. The highest BCUT2D eigenvalue weighted by molar-refractivity contribution is 5.91. The van der Waals surface area contributed by atoms with Gasteiger partial charge in [0.25, 0.3) is 5.91 Å². The second kappa shape index (κ2) is 6.84. The summed E-state index contributed by atoms with van der Waals surface area (Å²) < 4.78 is 16.7. The molecule has 7 heteroatoms. The number of pyridine rings is 1. The van der Waals surface area contributed by atoms with E-state index in [1.54, 1.807) is 25.4 Å². The zero-order chi connectivity index (χ0) is 17.2. The maximum Gasteiger partial charge on any atom is 0.292 e. The number of aryl methyl sites for hydroxylation is 1. The summed E-state index contributed by atoms with van der Waals surface area (Å²) in [6.07, 6.45) is 4.45. The summed E-state index contributed by atoms with van der Waals surface area (Å²) in [5, 5.41) is 3.79. The Hall–Kier alpha value is -2.41. The van der Waals surface area contributed by atoms with Gasteiger partial charge in [-0.25, -0.2) is 0 Å². The van der Waals surface area contributed by atoms with Crippen LogP contribution < -0.4 is 4.74 Å². The highest BCUT2D eigenvalue weighted by atomic mass is 16.5. The van der Waals surface area contributed by atoms with Gasteiger partial charge in [-0.1, -0.05) is 5.16 Å². The Bertz CT molecular complexity index is 733. The minimum Gasteiger partial charge on any atom is -0.492 e. The maximum atomic E-state index is 12.5. The smallest absolute Gasteiger partial charge is 0.292 e. The van der Waals surface area contributed by atoms with E-state index in [9.17, 15) is 4.79 Å². The van der Waals surface area contributed by atoms with Gasteiger partial charge in [0, 0.05) is 31.3 Å². The largest absolute Gasteiger partial charge is 0.492 e. The average molecular weight is 343 g/mol. The minimum absolute atomic E-state index is 0.107. The van der Waals surface area contributed by atoms with Gasteiger partial charge in [-0.3, -0.25) is 9.78 Å². The molecule has 7 nitrogen and oxygen atoms in total. The van der Waals surface area contributed by atoms with Crippen LogP contribution in [0.5, 0.6) is 5.75 Å². The normalized spacial score (nSPS) is 25.2. The molecule has 0 unspecified atom stereocenters. The molecule has 2 saturated heterocycles. The number of carbonyl (C=O) groups is 1. The SMILES string of the molecule is Cc1cc(C(=O)N2C[C@H]3[C@@H](CCOc4cccnc4)CO[C@H]3C2)on1. The third-order valence-electron chi connectivity index (χ3n) is 4.96. The number of carbonyl (C=O) groups excluding carboxylic acids is 1. The molecule has 0 radical (unpaired) electrons. The summed E-state index contributed by atoms with van der Waals surface area (Å²) >= 11 is 0. The second-order valence-corrected chi connectivity index (χ2v) is 6.66. The Morgan fingerprint density at radius 3 is 3.12 bits per heavy atom. The van der Waals surface area contributed by atoms with Crippen molar-refractivity contribution in [3.63, 3.8) is 0 Å². The Balaban J connectivity index is 1.31. The predicted molar refractivity (Wildman–Crippen MR) is 88.2 cm³/mol. The van der Waals surface area contributed by atoms with Crippen LogP contribution in [0, 0.1) is 18.8 Å². The summed E-state index contributed by atoms with van der Waals surface area (Å²) in [7, 11) is 0. The molecule has 3 atom stereocenters. The molecule has 0 bridgehead atoms. The number of hydrogen-bond acceptors (Lipinski definition) is 6. The maximum absolute atomic E-state index is 12.5. The van der Waals surface area contributed by atoms with Gasteiger partial charge in [-0.05, 0) is 31.4 Å². The Kier molecular flexibility index (Phi) is 4.40. The van der Waals surface area contributed by atoms with Crippen molar-refractivity contribution >= 4 is 5.91 Å². The molecule has 1 amide bonds. The molecule has 2 aliphatic rings. The van der Waals surface area contributed by atoms with Crippen molar-refractivity contribution in [3.8, 4) is 5.75 Å². The van der Waals surface area contributed by atoms with Crippen LogP contribution in [0.2, 0.25) is 0 Å². The fraction of sp³-hybridized carbons (Fsp3) is 0.500. The highest BCUT2D eigenvalue weighted by Gasteiger charge is 2.45. The first-order valence-corrected chi connectivity index (χ1v) is 8.58. The van der Waals surface area contributed by atoms with Crippen molar-refractivity contribution in [3.05, 3.63) is 42.0 Å². The van der Waals surface area contributed by atoms with Crippen LogP contribution in [-0.2, 0) is 4.74 Å². The third kappa shape index (κ3) is 3.37. The first kappa shape index (κ1) is 16.1. The first-order valence-electron chi connectivity index (χ1n) is 8.58. The van der Waals surface area contributed by atoms with E-state index < -0.39 is 0 Å². The van der Waals surface area contributed by atoms with Crippen molar-refractivity contribution in [1.82, 2.24) is 15.0 Å². The van der Waals surface area contributed by atoms with Gasteiger partial charge in [0.1, 0.15) is 5.75 Å². The lowest BCUT2D eigenvalue weighted by Gasteiger charge is -2.19. The number of amides is 1. The fourth-order valence-electron chi connectivity index (χ4n) is 3.64. The number of ether oxygens (including phenoxy) is 2. The van der Waals surface area contributed by atoms with Crippen molar-refractivity contribution < 1.29 is 18.8 Å². The van der Waals surface area contributed by atoms with Crippen LogP contribution in [0.3, 0.4) is 0 Å².